The fourth-order valence-corrected chi connectivity index (χ4v) is 2.58. The Morgan fingerprint density at radius 3 is 3.00 bits per heavy atom. The summed E-state index contributed by atoms with van der Waals surface area (Å²) in [6, 6.07) is 6.35. The molecule has 1 aromatic carbocycles. The lowest BCUT2D eigenvalue weighted by atomic mass is 10.1. The van der Waals surface area contributed by atoms with E-state index in [1.807, 2.05) is 19.9 Å². The van der Waals surface area contributed by atoms with Gasteiger partial charge < -0.3 is 15.0 Å². The number of aryl methyl sites for hydroxylation is 3. The molecule has 0 unspecified atom stereocenters. The molecule has 3 rings (SSSR count). The van der Waals surface area contributed by atoms with Crippen molar-refractivity contribution in [2.45, 2.75) is 39.3 Å². The molecule has 100 valence electrons. The number of fused-ring (bicyclic) bond motifs is 1. The highest BCUT2D eigenvalue weighted by Gasteiger charge is 2.19. The second-order valence-corrected chi connectivity index (χ2v) is 5.10. The Morgan fingerprint density at radius 1 is 1.42 bits per heavy atom. The first-order chi connectivity index (χ1) is 9.15. The van der Waals surface area contributed by atoms with Gasteiger partial charge in [-0.2, -0.15) is 0 Å². The fourth-order valence-electron chi connectivity index (χ4n) is 2.58. The molecule has 0 saturated heterocycles. The number of hydrogen-bond donors (Lipinski definition) is 1. The van der Waals surface area contributed by atoms with Gasteiger partial charge in [0.25, 0.3) is 0 Å². The van der Waals surface area contributed by atoms with Crippen LogP contribution in [0.3, 0.4) is 0 Å². The minimum Gasteiger partial charge on any atom is -0.489 e. The van der Waals surface area contributed by atoms with Gasteiger partial charge in [0.15, 0.2) is 0 Å². The number of nitrogens with two attached hydrogens (primary N) is 1. The Balaban J connectivity index is 1.75. The van der Waals surface area contributed by atoms with Crippen molar-refractivity contribution in [3.8, 4) is 5.75 Å². The van der Waals surface area contributed by atoms with E-state index in [4.69, 9.17) is 15.0 Å². The molecular weight excluding hydrogens is 240 g/mol. The molecule has 1 aliphatic rings. The first-order valence-corrected chi connectivity index (χ1v) is 6.58. The zero-order chi connectivity index (χ0) is 13.4. The molecule has 19 heavy (non-hydrogen) atoms. The van der Waals surface area contributed by atoms with E-state index < -0.39 is 0 Å². The van der Waals surface area contributed by atoms with Gasteiger partial charge in [0.05, 0.1) is 11.3 Å². The molecule has 2 aromatic rings. The summed E-state index contributed by atoms with van der Waals surface area (Å²) in [7, 11) is 0. The Labute approximate surface area is 112 Å². The number of ether oxygens (including phenoxy) is 1. The highest BCUT2D eigenvalue weighted by atomic mass is 16.5. The van der Waals surface area contributed by atoms with Crippen molar-refractivity contribution >= 4 is 0 Å². The van der Waals surface area contributed by atoms with E-state index in [1.165, 1.54) is 11.1 Å². The lowest BCUT2D eigenvalue weighted by Gasteiger charge is -2.09. The second kappa shape index (κ2) is 4.70. The van der Waals surface area contributed by atoms with Crippen molar-refractivity contribution < 1.29 is 9.26 Å². The lowest BCUT2D eigenvalue weighted by Crippen LogP contribution is -2.05. The number of rotatable bonds is 3. The minimum atomic E-state index is 0.187. The van der Waals surface area contributed by atoms with E-state index in [0.717, 1.165) is 35.6 Å². The van der Waals surface area contributed by atoms with E-state index in [1.54, 1.807) is 0 Å². The van der Waals surface area contributed by atoms with Crippen LogP contribution < -0.4 is 10.5 Å². The maximum atomic E-state index is 6.03. The topological polar surface area (TPSA) is 61.3 Å². The summed E-state index contributed by atoms with van der Waals surface area (Å²) in [4.78, 5) is 0. The molecule has 1 atom stereocenters. The van der Waals surface area contributed by atoms with E-state index >= 15 is 0 Å². The molecule has 4 heteroatoms. The van der Waals surface area contributed by atoms with Crippen molar-refractivity contribution in [3.05, 3.63) is 46.3 Å². The van der Waals surface area contributed by atoms with Gasteiger partial charge in [0.1, 0.15) is 18.1 Å². The highest BCUT2D eigenvalue weighted by molar-refractivity contribution is 5.40. The number of benzene rings is 1. The van der Waals surface area contributed by atoms with Gasteiger partial charge in [0.2, 0.25) is 0 Å². The standard InChI is InChI=1S/C15H18N2O2/c1-9-14(10(2)19-17-9)8-18-12-4-5-13-11(7-12)3-6-15(13)16/h4-5,7,15H,3,6,8,16H2,1-2H3/t15-/m1/s1. The smallest absolute Gasteiger partial charge is 0.140 e. The molecule has 1 heterocycles. The molecule has 0 aliphatic heterocycles. The van der Waals surface area contributed by atoms with Gasteiger partial charge >= 0.3 is 0 Å². The summed E-state index contributed by atoms with van der Waals surface area (Å²) in [6.07, 6.45) is 2.07. The SMILES string of the molecule is Cc1noc(C)c1COc1ccc2c(c1)CC[C@H]2N. The van der Waals surface area contributed by atoms with Crippen molar-refractivity contribution in [1.29, 1.82) is 0 Å². The van der Waals surface area contributed by atoms with E-state index in [9.17, 15) is 0 Å². The Bertz CT molecular complexity index is 585. The van der Waals surface area contributed by atoms with Gasteiger partial charge in [-0.1, -0.05) is 11.2 Å². The summed E-state index contributed by atoms with van der Waals surface area (Å²) in [6.45, 7) is 4.32. The van der Waals surface area contributed by atoms with Gasteiger partial charge in [-0.15, -0.1) is 0 Å². The summed E-state index contributed by atoms with van der Waals surface area (Å²) in [5.74, 6) is 1.70. The largest absolute Gasteiger partial charge is 0.489 e. The Morgan fingerprint density at radius 2 is 2.26 bits per heavy atom. The van der Waals surface area contributed by atoms with Crippen molar-refractivity contribution in [3.63, 3.8) is 0 Å². The maximum absolute atomic E-state index is 6.03. The average Bonchev–Trinajstić information content (AvgIpc) is 2.92. The fraction of sp³-hybridized carbons (Fsp3) is 0.400. The van der Waals surface area contributed by atoms with Crippen LogP contribution in [-0.4, -0.2) is 5.16 Å². The van der Waals surface area contributed by atoms with Crippen LogP contribution in [0.25, 0.3) is 0 Å². The van der Waals surface area contributed by atoms with E-state index in [-0.39, 0.29) is 6.04 Å². The molecular formula is C15H18N2O2. The van der Waals surface area contributed by atoms with Crippen LogP contribution in [0, 0.1) is 13.8 Å². The lowest BCUT2D eigenvalue weighted by molar-refractivity contribution is 0.301. The van der Waals surface area contributed by atoms with Crippen LogP contribution in [0.2, 0.25) is 0 Å². The third-order valence-corrected chi connectivity index (χ3v) is 3.80. The average molecular weight is 258 g/mol. The van der Waals surface area contributed by atoms with Crippen LogP contribution in [0.1, 0.15) is 40.6 Å². The van der Waals surface area contributed by atoms with E-state index in [0.29, 0.717) is 6.61 Å². The molecule has 0 fully saturated rings. The third-order valence-electron chi connectivity index (χ3n) is 3.80. The van der Waals surface area contributed by atoms with Gasteiger partial charge in [0, 0.05) is 6.04 Å². The van der Waals surface area contributed by atoms with Crippen LogP contribution in [0.5, 0.6) is 5.75 Å². The van der Waals surface area contributed by atoms with Gasteiger partial charge in [-0.3, -0.25) is 0 Å². The molecule has 0 saturated carbocycles. The predicted molar refractivity (Wildman–Crippen MR) is 72.0 cm³/mol. The quantitative estimate of drug-likeness (QED) is 0.919. The van der Waals surface area contributed by atoms with Crippen molar-refractivity contribution in [2.75, 3.05) is 0 Å². The summed E-state index contributed by atoms with van der Waals surface area (Å²) >= 11 is 0. The molecule has 1 aliphatic carbocycles. The first kappa shape index (κ1) is 12.2. The van der Waals surface area contributed by atoms with Gasteiger partial charge in [-0.05, 0) is 49.9 Å². The van der Waals surface area contributed by atoms with Gasteiger partial charge in [-0.25, -0.2) is 0 Å². The summed E-state index contributed by atoms with van der Waals surface area (Å²) in [5.41, 5.74) is 10.5. The second-order valence-electron chi connectivity index (χ2n) is 5.10. The number of hydrogen-bond acceptors (Lipinski definition) is 4. The monoisotopic (exact) mass is 258 g/mol. The van der Waals surface area contributed by atoms with Crippen molar-refractivity contribution in [1.82, 2.24) is 5.16 Å². The molecule has 0 amide bonds. The Kier molecular flexibility index (Phi) is 3.03. The van der Waals surface area contributed by atoms with Crippen LogP contribution >= 0.6 is 0 Å². The maximum Gasteiger partial charge on any atom is 0.140 e. The first-order valence-electron chi connectivity index (χ1n) is 6.58. The van der Waals surface area contributed by atoms with Crippen LogP contribution in [0.15, 0.2) is 22.7 Å². The zero-order valence-corrected chi connectivity index (χ0v) is 11.3. The number of aromatic nitrogens is 1. The molecule has 1 aromatic heterocycles. The normalized spacial score (nSPS) is 17.5. The number of nitrogens with zero attached hydrogens (tertiary/aromatic N) is 1. The summed E-state index contributed by atoms with van der Waals surface area (Å²) in [5, 5.41) is 3.92. The summed E-state index contributed by atoms with van der Waals surface area (Å²) < 4.78 is 11.0. The zero-order valence-electron chi connectivity index (χ0n) is 11.3. The molecule has 0 spiro atoms. The molecule has 0 radical (unpaired) electrons. The molecule has 4 nitrogen and oxygen atoms in total. The third kappa shape index (κ3) is 2.24. The van der Waals surface area contributed by atoms with E-state index in [2.05, 4.69) is 17.3 Å². The predicted octanol–water partition coefficient (Wildman–Crippen LogP) is 2.82. The molecule has 0 bridgehead atoms. The van der Waals surface area contributed by atoms with Crippen LogP contribution in [-0.2, 0) is 13.0 Å². The minimum absolute atomic E-state index is 0.187. The van der Waals surface area contributed by atoms with Crippen LogP contribution in [0.4, 0.5) is 0 Å². The highest BCUT2D eigenvalue weighted by Crippen LogP contribution is 2.32. The Hall–Kier alpha value is -1.81. The van der Waals surface area contributed by atoms with Crippen molar-refractivity contribution in [2.24, 2.45) is 5.73 Å². The molecule has 2 N–H and O–H groups in total.